The lowest BCUT2D eigenvalue weighted by Crippen LogP contribution is -2.41. The Hall–Kier alpha value is -1.75. The third-order valence-corrected chi connectivity index (χ3v) is 5.73. The first-order valence-corrected chi connectivity index (χ1v) is 10.4. The van der Waals surface area contributed by atoms with Gasteiger partial charge in [-0.05, 0) is 53.0 Å². The normalized spacial score (nSPS) is 12.0. The number of halogens is 1. The maximum atomic E-state index is 11.3. The highest BCUT2D eigenvalue weighted by Crippen LogP contribution is 2.27. The second-order valence-electron chi connectivity index (χ2n) is 5.86. The number of anilines is 3. The number of nitrogens with two attached hydrogens (primary N) is 1. The number of nitrogens with one attached hydrogen (secondary N) is 2. The molecule has 5 N–H and O–H groups in total. The first-order valence-electron chi connectivity index (χ1n) is 8.04. The van der Waals surface area contributed by atoms with Crippen molar-refractivity contribution >= 4 is 43.4 Å². The third kappa shape index (κ3) is 4.91. The largest absolute Gasteiger partial charge is 0.394 e. The minimum Gasteiger partial charge on any atom is -0.394 e. The van der Waals surface area contributed by atoms with Gasteiger partial charge in [0.05, 0.1) is 21.5 Å². The summed E-state index contributed by atoms with van der Waals surface area (Å²) in [6, 6.07) is 5.96. The number of sulfonamides is 1. The Labute approximate surface area is 161 Å². The van der Waals surface area contributed by atoms with Gasteiger partial charge in [0.15, 0.2) is 0 Å². The number of hydrogen-bond donors (Lipinski definition) is 4. The number of aliphatic hydroxyl groups excluding tert-OH is 1. The van der Waals surface area contributed by atoms with E-state index in [1.54, 1.807) is 18.3 Å². The van der Waals surface area contributed by atoms with E-state index in [1.165, 1.54) is 12.1 Å². The van der Waals surface area contributed by atoms with E-state index >= 15 is 0 Å². The van der Waals surface area contributed by atoms with Gasteiger partial charge < -0.3 is 15.7 Å². The molecule has 8 nitrogen and oxygen atoms in total. The molecule has 0 amide bonds. The van der Waals surface area contributed by atoms with E-state index in [1.807, 2.05) is 13.8 Å². The smallest absolute Gasteiger partial charge is 0.238 e. The highest BCUT2D eigenvalue weighted by atomic mass is 79.9. The van der Waals surface area contributed by atoms with Gasteiger partial charge in [-0.2, -0.15) is 4.98 Å². The second kappa shape index (κ2) is 8.30. The van der Waals surface area contributed by atoms with Crippen molar-refractivity contribution in [3.63, 3.8) is 0 Å². The number of benzene rings is 1. The minimum atomic E-state index is -3.73. The molecule has 2 aromatic rings. The Morgan fingerprint density at radius 2 is 1.85 bits per heavy atom. The van der Waals surface area contributed by atoms with Gasteiger partial charge in [0.2, 0.25) is 16.0 Å². The topological polar surface area (TPSA) is 130 Å². The summed E-state index contributed by atoms with van der Waals surface area (Å²) in [5.41, 5.74) is 0.149. The maximum Gasteiger partial charge on any atom is 0.238 e. The molecule has 0 aliphatic rings. The van der Waals surface area contributed by atoms with Gasteiger partial charge in [0, 0.05) is 11.9 Å². The highest BCUT2D eigenvalue weighted by molar-refractivity contribution is 9.10. The van der Waals surface area contributed by atoms with Crippen LogP contribution in [0.15, 0.2) is 39.8 Å². The molecule has 2 rings (SSSR count). The Morgan fingerprint density at radius 1 is 1.23 bits per heavy atom. The molecule has 26 heavy (non-hydrogen) atoms. The Balaban J connectivity index is 2.24. The fourth-order valence-corrected chi connectivity index (χ4v) is 3.12. The van der Waals surface area contributed by atoms with Crippen LogP contribution in [0.1, 0.15) is 26.7 Å². The Bertz CT molecular complexity index is 846. The Kier molecular flexibility index (Phi) is 6.56. The van der Waals surface area contributed by atoms with Crippen molar-refractivity contribution in [3.8, 4) is 0 Å². The molecule has 142 valence electrons. The first kappa shape index (κ1) is 20.6. The van der Waals surface area contributed by atoms with Gasteiger partial charge in [-0.1, -0.05) is 13.8 Å². The minimum absolute atomic E-state index is 0.0196. The van der Waals surface area contributed by atoms with Crippen molar-refractivity contribution in [2.75, 3.05) is 17.2 Å². The van der Waals surface area contributed by atoms with E-state index in [0.29, 0.717) is 21.9 Å². The van der Waals surface area contributed by atoms with E-state index in [4.69, 9.17) is 5.14 Å². The van der Waals surface area contributed by atoms with Gasteiger partial charge >= 0.3 is 0 Å². The fourth-order valence-electron chi connectivity index (χ4n) is 2.31. The number of nitrogens with zero attached hydrogens (tertiary/aromatic N) is 2. The molecular weight excluding hydrogens is 422 g/mol. The van der Waals surface area contributed by atoms with Crippen LogP contribution >= 0.6 is 15.9 Å². The highest BCUT2D eigenvalue weighted by Gasteiger charge is 2.26. The molecule has 0 aliphatic carbocycles. The van der Waals surface area contributed by atoms with Crippen molar-refractivity contribution < 1.29 is 13.5 Å². The second-order valence-corrected chi connectivity index (χ2v) is 8.27. The van der Waals surface area contributed by atoms with Crippen LogP contribution in [0.2, 0.25) is 0 Å². The van der Waals surface area contributed by atoms with Gasteiger partial charge in [-0.25, -0.2) is 18.5 Å². The van der Waals surface area contributed by atoms with Crippen molar-refractivity contribution in [1.82, 2.24) is 9.97 Å². The van der Waals surface area contributed by atoms with E-state index in [2.05, 4.69) is 36.5 Å². The predicted octanol–water partition coefficient (Wildman–Crippen LogP) is 2.59. The zero-order chi connectivity index (χ0) is 19.4. The molecule has 0 unspecified atom stereocenters. The third-order valence-electron chi connectivity index (χ3n) is 4.22. The van der Waals surface area contributed by atoms with Crippen LogP contribution < -0.4 is 15.8 Å². The quantitative estimate of drug-likeness (QED) is 0.492. The van der Waals surface area contributed by atoms with E-state index < -0.39 is 15.6 Å². The predicted molar refractivity (Wildman–Crippen MR) is 105 cm³/mol. The van der Waals surface area contributed by atoms with Gasteiger partial charge in [0.25, 0.3) is 0 Å². The molecule has 0 saturated heterocycles. The summed E-state index contributed by atoms with van der Waals surface area (Å²) in [5, 5.41) is 21.1. The molecule has 0 aliphatic heterocycles. The molecule has 1 aromatic carbocycles. The SMILES string of the molecule is CCC(CC)(CO)Nc1nc(Nc2ccc(S(N)(=O)=O)cc2)ncc1Br. The summed E-state index contributed by atoms with van der Waals surface area (Å²) >= 11 is 3.41. The average Bonchev–Trinajstić information content (AvgIpc) is 2.62. The summed E-state index contributed by atoms with van der Waals surface area (Å²) in [4.78, 5) is 8.66. The Morgan fingerprint density at radius 3 is 2.35 bits per heavy atom. The van der Waals surface area contributed by atoms with Crippen LogP contribution in [-0.4, -0.2) is 35.6 Å². The van der Waals surface area contributed by atoms with Crippen LogP contribution in [0, 0.1) is 0 Å². The standard InChI is InChI=1S/C16H22BrN5O3S/c1-3-16(4-2,10-23)22-14-13(17)9-19-15(21-14)20-11-5-7-12(8-6-11)26(18,24)25/h5-9,23H,3-4,10H2,1-2H3,(H2,18,24,25)(H2,19,20,21,22). The van der Waals surface area contributed by atoms with Crippen LogP contribution in [-0.2, 0) is 10.0 Å². The number of primary sulfonamides is 1. The van der Waals surface area contributed by atoms with Crippen molar-refractivity contribution in [3.05, 3.63) is 34.9 Å². The van der Waals surface area contributed by atoms with Crippen molar-refractivity contribution in [2.45, 2.75) is 37.1 Å². The summed E-state index contributed by atoms with van der Waals surface area (Å²) in [6.45, 7) is 3.97. The molecule has 10 heteroatoms. The first-order chi connectivity index (χ1) is 12.2. The zero-order valence-corrected chi connectivity index (χ0v) is 16.9. The molecule has 0 bridgehead atoms. The van der Waals surface area contributed by atoms with Crippen LogP contribution in [0.25, 0.3) is 0 Å². The summed E-state index contributed by atoms with van der Waals surface area (Å²) in [6.07, 6.45) is 3.06. The summed E-state index contributed by atoms with van der Waals surface area (Å²) in [7, 11) is -3.73. The number of aromatic nitrogens is 2. The average molecular weight is 444 g/mol. The van der Waals surface area contributed by atoms with Crippen molar-refractivity contribution in [2.24, 2.45) is 5.14 Å². The zero-order valence-electron chi connectivity index (χ0n) is 14.5. The van der Waals surface area contributed by atoms with Gasteiger partial charge in [0.1, 0.15) is 5.82 Å². The van der Waals surface area contributed by atoms with Crippen LogP contribution in [0.3, 0.4) is 0 Å². The molecule has 0 saturated carbocycles. The van der Waals surface area contributed by atoms with E-state index in [-0.39, 0.29) is 11.5 Å². The molecule has 0 spiro atoms. The van der Waals surface area contributed by atoms with Crippen LogP contribution in [0.4, 0.5) is 17.5 Å². The van der Waals surface area contributed by atoms with E-state index in [9.17, 15) is 13.5 Å². The van der Waals surface area contributed by atoms with Gasteiger partial charge in [-0.3, -0.25) is 0 Å². The van der Waals surface area contributed by atoms with Crippen LogP contribution in [0.5, 0.6) is 0 Å². The summed E-state index contributed by atoms with van der Waals surface area (Å²) in [5.74, 6) is 0.888. The fraction of sp³-hybridized carbons (Fsp3) is 0.375. The lowest BCUT2D eigenvalue weighted by atomic mass is 9.94. The van der Waals surface area contributed by atoms with E-state index in [0.717, 1.165) is 12.8 Å². The van der Waals surface area contributed by atoms with Gasteiger partial charge in [-0.15, -0.1) is 0 Å². The molecule has 1 aromatic heterocycles. The lowest BCUT2D eigenvalue weighted by Gasteiger charge is -2.31. The molecular formula is C16H22BrN5O3S. The summed E-state index contributed by atoms with van der Waals surface area (Å²) < 4.78 is 23.3. The van der Waals surface area contributed by atoms with Crippen molar-refractivity contribution in [1.29, 1.82) is 0 Å². The lowest BCUT2D eigenvalue weighted by molar-refractivity contribution is 0.202. The number of aliphatic hydroxyl groups is 1. The molecule has 0 atom stereocenters. The monoisotopic (exact) mass is 443 g/mol. The molecule has 0 fully saturated rings. The maximum absolute atomic E-state index is 11.3. The number of rotatable bonds is 8. The molecule has 1 heterocycles. The molecule has 0 radical (unpaired) electrons. The number of hydrogen-bond acceptors (Lipinski definition) is 7.